The van der Waals surface area contributed by atoms with E-state index in [1.807, 2.05) is 38.2 Å². The van der Waals surface area contributed by atoms with Gasteiger partial charge in [0.25, 0.3) is 0 Å². The fourth-order valence-electron chi connectivity index (χ4n) is 3.01. The van der Waals surface area contributed by atoms with Gasteiger partial charge in [-0.2, -0.15) is 0 Å². The van der Waals surface area contributed by atoms with E-state index in [9.17, 15) is 0 Å². The summed E-state index contributed by atoms with van der Waals surface area (Å²) < 4.78 is 11.1. The zero-order valence-electron chi connectivity index (χ0n) is 14.7. The number of ether oxygens (including phenoxy) is 1. The highest BCUT2D eigenvalue weighted by atomic mass is 16.5. The molecule has 0 radical (unpaired) electrons. The zero-order chi connectivity index (χ0) is 16.9. The Bertz CT molecular complexity index is 656. The molecule has 0 saturated carbocycles. The number of aromatic nitrogens is 2. The van der Waals surface area contributed by atoms with Crippen molar-refractivity contribution in [3.63, 3.8) is 0 Å². The van der Waals surface area contributed by atoms with Gasteiger partial charge in [-0.3, -0.25) is 4.90 Å². The molecule has 0 spiro atoms. The fraction of sp³-hybridized carbons (Fsp3) is 0.556. The number of anilines is 1. The second-order valence-corrected chi connectivity index (χ2v) is 6.61. The summed E-state index contributed by atoms with van der Waals surface area (Å²) in [6.45, 7) is 5.42. The molecule has 6 heteroatoms. The summed E-state index contributed by atoms with van der Waals surface area (Å²) in [7, 11) is 4.03. The smallest absolute Gasteiger partial charge is 0.133 e. The molecule has 6 nitrogen and oxygen atoms in total. The highest BCUT2D eigenvalue weighted by Crippen LogP contribution is 2.17. The summed E-state index contributed by atoms with van der Waals surface area (Å²) >= 11 is 0. The molecular formula is C18H26N4O2. The van der Waals surface area contributed by atoms with Crippen LogP contribution in [-0.4, -0.2) is 54.9 Å². The van der Waals surface area contributed by atoms with Crippen molar-refractivity contribution in [2.75, 3.05) is 38.7 Å². The SMILES string of the molecule is Cc1cc(CN2CCOC(CCc3ccnc(N(C)C)c3)C2)no1. The molecule has 130 valence electrons. The first-order chi connectivity index (χ1) is 11.6. The van der Waals surface area contributed by atoms with E-state index in [2.05, 4.69) is 27.2 Å². The van der Waals surface area contributed by atoms with Gasteiger partial charge in [0.1, 0.15) is 11.6 Å². The molecule has 1 aliphatic heterocycles. The molecule has 1 unspecified atom stereocenters. The Balaban J connectivity index is 1.51. The molecule has 0 N–H and O–H groups in total. The average molecular weight is 330 g/mol. The van der Waals surface area contributed by atoms with Crippen molar-refractivity contribution in [2.45, 2.75) is 32.4 Å². The lowest BCUT2D eigenvalue weighted by Crippen LogP contribution is -2.42. The number of hydrogen-bond acceptors (Lipinski definition) is 6. The topological polar surface area (TPSA) is 54.6 Å². The van der Waals surface area contributed by atoms with E-state index in [1.54, 1.807) is 0 Å². The summed E-state index contributed by atoms with van der Waals surface area (Å²) in [5.74, 6) is 1.87. The molecule has 0 bridgehead atoms. The fourth-order valence-corrected chi connectivity index (χ4v) is 3.01. The van der Waals surface area contributed by atoms with Crippen molar-refractivity contribution in [1.29, 1.82) is 0 Å². The summed E-state index contributed by atoms with van der Waals surface area (Å²) in [4.78, 5) is 8.79. The van der Waals surface area contributed by atoms with Gasteiger partial charge < -0.3 is 14.2 Å². The summed E-state index contributed by atoms with van der Waals surface area (Å²) in [6.07, 6.45) is 4.17. The normalized spacial score (nSPS) is 18.7. The van der Waals surface area contributed by atoms with E-state index in [4.69, 9.17) is 9.26 Å². The van der Waals surface area contributed by atoms with Crippen LogP contribution in [0.15, 0.2) is 28.9 Å². The van der Waals surface area contributed by atoms with Crippen molar-refractivity contribution in [3.8, 4) is 0 Å². The van der Waals surface area contributed by atoms with Gasteiger partial charge in [0.05, 0.1) is 18.4 Å². The van der Waals surface area contributed by atoms with Crippen LogP contribution >= 0.6 is 0 Å². The Morgan fingerprint density at radius 1 is 1.33 bits per heavy atom. The molecule has 2 aromatic heterocycles. The van der Waals surface area contributed by atoms with Crippen LogP contribution in [0, 0.1) is 6.92 Å². The third-order valence-electron chi connectivity index (χ3n) is 4.31. The molecule has 0 aromatic carbocycles. The van der Waals surface area contributed by atoms with Crippen LogP contribution < -0.4 is 4.90 Å². The maximum absolute atomic E-state index is 5.94. The Hall–Kier alpha value is -1.92. The molecule has 0 amide bonds. The molecule has 1 aliphatic rings. The van der Waals surface area contributed by atoms with Crippen LogP contribution in [0.1, 0.15) is 23.4 Å². The van der Waals surface area contributed by atoms with Gasteiger partial charge in [-0.05, 0) is 37.5 Å². The molecule has 0 aliphatic carbocycles. The van der Waals surface area contributed by atoms with E-state index in [0.717, 1.165) is 56.4 Å². The van der Waals surface area contributed by atoms with Crippen LogP contribution in [0.3, 0.4) is 0 Å². The van der Waals surface area contributed by atoms with Crippen LogP contribution in [-0.2, 0) is 17.7 Å². The Kier molecular flexibility index (Phi) is 5.48. The molecule has 3 heterocycles. The third-order valence-corrected chi connectivity index (χ3v) is 4.31. The first kappa shape index (κ1) is 16.9. The van der Waals surface area contributed by atoms with Gasteiger partial charge in [0.15, 0.2) is 0 Å². The Morgan fingerprint density at radius 2 is 2.21 bits per heavy atom. The quantitative estimate of drug-likeness (QED) is 0.810. The van der Waals surface area contributed by atoms with E-state index in [1.165, 1.54) is 5.56 Å². The maximum atomic E-state index is 5.94. The lowest BCUT2D eigenvalue weighted by molar-refractivity contribution is -0.0351. The Morgan fingerprint density at radius 3 is 2.96 bits per heavy atom. The van der Waals surface area contributed by atoms with Crippen LogP contribution in [0.5, 0.6) is 0 Å². The van der Waals surface area contributed by atoms with Gasteiger partial charge in [-0.1, -0.05) is 5.16 Å². The summed E-state index contributed by atoms with van der Waals surface area (Å²) in [5.41, 5.74) is 2.31. The molecule has 1 atom stereocenters. The highest BCUT2D eigenvalue weighted by molar-refractivity contribution is 5.39. The number of aryl methyl sites for hydroxylation is 2. The van der Waals surface area contributed by atoms with E-state index in [0.29, 0.717) is 0 Å². The highest BCUT2D eigenvalue weighted by Gasteiger charge is 2.21. The van der Waals surface area contributed by atoms with Crippen molar-refractivity contribution in [2.24, 2.45) is 0 Å². The monoisotopic (exact) mass is 330 g/mol. The molecule has 24 heavy (non-hydrogen) atoms. The molecular weight excluding hydrogens is 304 g/mol. The lowest BCUT2D eigenvalue weighted by Gasteiger charge is -2.32. The van der Waals surface area contributed by atoms with E-state index in [-0.39, 0.29) is 6.10 Å². The molecule has 1 fully saturated rings. The van der Waals surface area contributed by atoms with Gasteiger partial charge in [0, 0.05) is 46.0 Å². The lowest BCUT2D eigenvalue weighted by atomic mass is 10.1. The predicted molar refractivity (Wildman–Crippen MR) is 93.1 cm³/mol. The maximum Gasteiger partial charge on any atom is 0.133 e. The minimum atomic E-state index is 0.266. The first-order valence-corrected chi connectivity index (χ1v) is 8.48. The van der Waals surface area contributed by atoms with Crippen LogP contribution in [0.2, 0.25) is 0 Å². The van der Waals surface area contributed by atoms with Gasteiger partial charge in [-0.15, -0.1) is 0 Å². The molecule has 2 aromatic rings. The second-order valence-electron chi connectivity index (χ2n) is 6.61. The largest absolute Gasteiger partial charge is 0.376 e. The minimum Gasteiger partial charge on any atom is -0.376 e. The van der Waals surface area contributed by atoms with Crippen molar-refractivity contribution in [1.82, 2.24) is 15.0 Å². The molecule has 3 rings (SSSR count). The van der Waals surface area contributed by atoms with Crippen LogP contribution in [0.4, 0.5) is 5.82 Å². The van der Waals surface area contributed by atoms with Gasteiger partial charge in [0.2, 0.25) is 0 Å². The number of rotatable bonds is 6. The zero-order valence-corrected chi connectivity index (χ0v) is 14.7. The van der Waals surface area contributed by atoms with E-state index >= 15 is 0 Å². The predicted octanol–water partition coefficient (Wildman–Crippen LogP) is 2.28. The first-order valence-electron chi connectivity index (χ1n) is 8.48. The van der Waals surface area contributed by atoms with Gasteiger partial charge in [-0.25, -0.2) is 4.98 Å². The summed E-state index contributed by atoms with van der Waals surface area (Å²) in [5, 5.41) is 4.09. The summed E-state index contributed by atoms with van der Waals surface area (Å²) in [6, 6.07) is 6.24. The standard InChI is InChI=1S/C18H26N4O2/c1-14-10-16(20-24-14)12-22-8-9-23-17(13-22)5-4-15-6-7-19-18(11-15)21(2)3/h6-7,10-11,17H,4-5,8-9,12-13H2,1-3H3. The van der Waals surface area contributed by atoms with Crippen molar-refractivity contribution in [3.05, 3.63) is 41.4 Å². The van der Waals surface area contributed by atoms with Crippen LogP contribution in [0.25, 0.3) is 0 Å². The second kappa shape index (κ2) is 7.77. The van der Waals surface area contributed by atoms with Gasteiger partial charge >= 0.3 is 0 Å². The van der Waals surface area contributed by atoms with Crippen molar-refractivity contribution < 1.29 is 9.26 Å². The average Bonchev–Trinajstić information content (AvgIpc) is 2.98. The Labute approximate surface area is 143 Å². The number of hydrogen-bond donors (Lipinski definition) is 0. The van der Waals surface area contributed by atoms with E-state index < -0.39 is 0 Å². The third kappa shape index (κ3) is 4.55. The molecule has 1 saturated heterocycles. The minimum absolute atomic E-state index is 0.266. The number of morpholine rings is 1. The van der Waals surface area contributed by atoms with Crippen molar-refractivity contribution >= 4 is 5.82 Å². The number of pyridine rings is 1. The number of nitrogens with zero attached hydrogens (tertiary/aromatic N) is 4.